The summed E-state index contributed by atoms with van der Waals surface area (Å²) in [5, 5.41) is 9.79. The Kier molecular flexibility index (Phi) is 7.82. The molecule has 1 aliphatic heterocycles. The molecule has 0 unspecified atom stereocenters. The minimum Gasteiger partial charge on any atom is -0.487 e. The number of benzene rings is 2. The van der Waals surface area contributed by atoms with Gasteiger partial charge in [0.2, 0.25) is 10.0 Å². The largest absolute Gasteiger partial charge is 0.487 e. The molecule has 0 spiro atoms. The van der Waals surface area contributed by atoms with Crippen molar-refractivity contribution < 1.29 is 22.7 Å². The lowest BCUT2D eigenvalue weighted by atomic mass is 10.0. The van der Waals surface area contributed by atoms with Crippen LogP contribution in [-0.4, -0.2) is 61.6 Å². The van der Waals surface area contributed by atoms with Crippen LogP contribution < -0.4 is 4.74 Å². The van der Waals surface area contributed by atoms with Crippen molar-refractivity contribution in [2.45, 2.75) is 50.3 Å². The van der Waals surface area contributed by atoms with Crippen molar-refractivity contribution in [1.29, 1.82) is 0 Å². The number of aliphatic hydroxyl groups excluding tert-OH is 1. The Labute approximate surface area is 207 Å². The van der Waals surface area contributed by atoms with Crippen LogP contribution in [0.25, 0.3) is 0 Å². The van der Waals surface area contributed by atoms with Gasteiger partial charge in [-0.25, -0.2) is 12.8 Å². The van der Waals surface area contributed by atoms with E-state index in [0.29, 0.717) is 19.0 Å². The summed E-state index contributed by atoms with van der Waals surface area (Å²) in [5.74, 6) is 6.65. The zero-order valence-electron chi connectivity index (χ0n) is 20.4. The van der Waals surface area contributed by atoms with Crippen LogP contribution in [0.5, 0.6) is 5.75 Å². The number of nitrogens with zero attached hydrogens (tertiary/aromatic N) is 2. The minimum absolute atomic E-state index is 0.0906. The average Bonchev–Trinajstić information content (AvgIpc) is 3.65. The molecule has 0 amide bonds. The van der Waals surface area contributed by atoms with E-state index in [2.05, 4.69) is 16.7 Å². The smallest absolute Gasteiger partial charge is 0.247 e. The van der Waals surface area contributed by atoms with Crippen molar-refractivity contribution in [1.82, 2.24) is 9.21 Å². The van der Waals surface area contributed by atoms with Crippen LogP contribution in [-0.2, 0) is 16.6 Å². The predicted molar refractivity (Wildman–Crippen MR) is 133 cm³/mol. The maximum atomic E-state index is 13.6. The van der Waals surface area contributed by atoms with E-state index >= 15 is 0 Å². The molecule has 0 saturated heterocycles. The van der Waals surface area contributed by atoms with Gasteiger partial charge < -0.3 is 9.84 Å². The fraction of sp³-hybridized carbons (Fsp3) is 0.481. The van der Waals surface area contributed by atoms with E-state index in [9.17, 15) is 17.9 Å². The van der Waals surface area contributed by atoms with Crippen LogP contribution in [0.3, 0.4) is 0 Å². The average molecular weight is 501 g/mol. The molecule has 1 aliphatic carbocycles. The monoisotopic (exact) mass is 500 g/mol. The number of likely N-dealkylation sites (N-methyl/N-ethyl adjacent to an activating group) is 1. The zero-order valence-corrected chi connectivity index (χ0v) is 21.3. The van der Waals surface area contributed by atoms with Gasteiger partial charge in [-0.3, -0.25) is 4.90 Å². The molecule has 1 N–H and O–H groups in total. The third kappa shape index (κ3) is 6.22. The molecule has 2 aromatic carbocycles. The third-order valence-corrected chi connectivity index (χ3v) is 8.54. The molecule has 6 nitrogen and oxygen atoms in total. The molecular weight excluding hydrogens is 467 g/mol. The van der Waals surface area contributed by atoms with Crippen molar-refractivity contribution in [2.24, 2.45) is 11.8 Å². The summed E-state index contributed by atoms with van der Waals surface area (Å²) >= 11 is 0. The van der Waals surface area contributed by atoms with Gasteiger partial charge in [-0.2, -0.15) is 4.31 Å². The Bertz CT molecular complexity index is 1200. The number of rotatable bonds is 6. The van der Waals surface area contributed by atoms with Crippen molar-refractivity contribution >= 4 is 10.0 Å². The van der Waals surface area contributed by atoms with Gasteiger partial charge in [0.1, 0.15) is 22.6 Å². The first kappa shape index (κ1) is 25.6. The lowest BCUT2D eigenvalue weighted by molar-refractivity contribution is 0.0733. The highest BCUT2D eigenvalue weighted by Crippen LogP contribution is 2.34. The molecule has 0 radical (unpaired) electrons. The first-order chi connectivity index (χ1) is 16.7. The van der Waals surface area contributed by atoms with Gasteiger partial charge in [-0.15, -0.1) is 0 Å². The molecular formula is C27H33FN2O4S. The molecule has 1 fully saturated rings. The second-order valence-electron chi connectivity index (χ2n) is 9.77. The number of hydrogen-bond donors (Lipinski definition) is 1. The molecule has 8 heteroatoms. The molecule has 0 bridgehead atoms. The predicted octanol–water partition coefficient (Wildman–Crippen LogP) is 3.49. The highest BCUT2D eigenvalue weighted by molar-refractivity contribution is 7.89. The molecule has 0 aromatic heterocycles. The summed E-state index contributed by atoms with van der Waals surface area (Å²) in [6, 6.07) is 10.8. The topological polar surface area (TPSA) is 70.1 Å². The maximum Gasteiger partial charge on any atom is 0.247 e. The van der Waals surface area contributed by atoms with Gasteiger partial charge in [-0.05, 0) is 62.7 Å². The van der Waals surface area contributed by atoms with Crippen LogP contribution in [0.4, 0.5) is 4.39 Å². The van der Waals surface area contributed by atoms with Gasteiger partial charge in [0, 0.05) is 43.1 Å². The fourth-order valence-electron chi connectivity index (χ4n) is 4.21. The third-order valence-electron chi connectivity index (χ3n) is 6.52. The van der Waals surface area contributed by atoms with Crippen molar-refractivity contribution in [2.75, 3.05) is 26.7 Å². The van der Waals surface area contributed by atoms with Crippen LogP contribution in [0, 0.1) is 29.5 Å². The number of aliphatic hydroxyl groups is 1. The van der Waals surface area contributed by atoms with E-state index in [-0.39, 0.29) is 41.6 Å². The minimum atomic E-state index is -3.88. The van der Waals surface area contributed by atoms with Gasteiger partial charge in [0.05, 0.1) is 6.61 Å². The van der Waals surface area contributed by atoms with E-state index in [0.717, 1.165) is 24.0 Å². The van der Waals surface area contributed by atoms with Gasteiger partial charge in [0.15, 0.2) is 0 Å². The van der Waals surface area contributed by atoms with E-state index in [1.807, 2.05) is 14.0 Å². The Morgan fingerprint density at radius 1 is 1.23 bits per heavy atom. The van der Waals surface area contributed by atoms with Crippen molar-refractivity contribution in [3.8, 4) is 17.6 Å². The molecule has 1 saturated carbocycles. The fourth-order valence-corrected chi connectivity index (χ4v) is 6.03. The Morgan fingerprint density at radius 3 is 2.60 bits per heavy atom. The Balaban J connectivity index is 1.65. The second-order valence-corrected chi connectivity index (χ2v) is 11.6. The number of ether oxygens (including phenoxy) is 1. The van der Waals surface area contributed by atoms with Gasteiger partial charge >= 0.3 is 0 Å². The quantitative estimate of drug-likeness (QED) is 0.615. The van der Waals surface area contributed by atoms with E-state index < -0.39 is 16.1 Å². The van der Waals surface area contributed by atoms with Crippen LogP contribution in [0.1, 0.15) is 37.8 Å². The normalized spacial score (nSPS) is 22.8. The van der Waals surface area contributed by atoms with E-state index in [4.69, 9.17) is 4.74 Å². The van der Waals surface area contributed by atoms with Crippen LogP contribution in [0.2, 0.25) is 0 Å². The summed E-state index contributed by atoms with van der Waals surface area (Å²) in [7, 11) is -1.92. The second kappa shape index (κ2) is 10.7. The number of hydrogen-bond acceptors (Lipinski definition) is 5. The molecule has 2 aliphatic rings. The van der Waals surface area contributed by atoms with Crippen LogP contribution in [0.15, 0.2) is 47.4 Å². The lowest BCUT2D eigenvalue weighted by Gasteiger charge is -2.37. The standard InChI is InChI=1S/C27H33FN2O4S/c1-19-15-30(20(2)18-31)35(32,33)27-13-10-22(7-6-21-4-5-21)14-25(27)34-26(19)17-29(3)16-23-8-11-24(28)12-9-23/h8-14,19-21,26,31H,4-5,15-18H2,1-3H3/t19-,20-,26-/m1/s1. The molecule has 188 valence electrons. The highest BCUT2D eigenvalue weighted by Gasteiger charge is 2.38. The molecule has 4 rings (SSSR count). The summed E-state index contributed by atoms with van der Waals surface area (Å²) in [6.45, 7) is 4.76. The molecule has 35 heavy (non-hydrogen) atoms. The van der Waals surface area contributed by atoms with Gasteiger partial charge in [0.25, 0.3) is 0 Å². The summed E-state index contributed by atoms with van der Waals surface area (Å²) < 4.78 is 48.2. The van der Waals surface area contributed by atoms with Crippen molar-refractivity contribution in [3.63, 3.8) is 0 Å². The van der Waals surface area contributed by atoms with E-state index in [1.165, 1.54) is 16.4 Å². The summed E-state index contributed by atoms with van der Waals surface area (Å²) in [4.78, 5) is 2.17. The van der Waals surface area contributed by atoms with Crippen LogP contribution >= 0.6 is 0 Å². The zero-order chi connectivity index (χ0) is 25.2. The van der Waals surface area contributed by atoms with E-state index in [1.54, 1.807) is 37.3 Å². The highest BCUT2D eigenvalue weighted by atomic mass is 32.2. The maximum absolute atomic E-state index is 13.6. The number of halogens is 1. The van der Waals surface area contributed by atoms with Crippen molar-refractivity contribution in [3.05, 3.63) is 59.4 Å². The molecule has 1 heterocycles. The first-order valence-corrected chi connectivity index (χ1v) is 13.5. The van der Waals surface area contributed by atoms with Gasteiger partial charge in [-0.1, -0.05) is 30.9 Å². The summed E-state index contributed by atoms with van der Waals surface area (Å²) in [6.07, 6.45) is 1.91. The number of fused-ring (bicyclic) bond motifs is 1. The summed E-state index contributed by atoms with van der Waals surface area (Å²) in [5.41, 5.74) is 1.70. The lowest BCUT2D eigenvalue weighted by Crippen LogP contribution is -2.49. The Morgan fingerprint density at radius 2 is 1.94 bits per heavy atom. The molecule has 3 atom stereocenters. The first-order valence-electron chi connectivity index (χ1n) is 12.1. The number of sulfonamides is 1. The molecule has 2 aromatic rings. The SMILES string of the molecule is C[C@@H]1CN([C@H](C)CO)S(=O)(=O)c2ccc(C#CC3CC3)cc2O[C@@H]1CN(C)Cc1ccc(F)cc1. The Hall–Kier alpha value is -2.44.